The fourth-order valence-corrected chi connectivity index (χ4v) is 3.88. The SMILES string of the molecule is COc1c(Cl)cc(C(=O)NC(c2ccccc2)c2ccc3nc[nH]c3c2)cc1Cl. The van der Waals surface area contributed by atoms with Crippen LogP contribution in [0.5, 0.6) is 5.75 Å². The first-order chi connectivity index (χ1) is 14.1. The van der Waals surface area contributed by atoms with E-state index in [0.29, 0.717) is 11.3 Å². The molecule has 0 aliphatic carbocycles. The van der Waals surface area contributed by atoms with Gasteiger partial charge in [-0.2, -0.15) is 0 Å². The van der Waals surface area contributed by atoms with Crippen molar-refractivity contribution in [3.8, 4) is 5.75 Å². The van der Waals surface area contributed by atoms with E-state index >= 15 is 0 Å². The van der Waals surface area contributed by atoms with E-state index in [-0.39, 0.29) is 22.0 Å². The first kappa shape index (κ1) is 19.3. The number of rotatable bonds is 5. The molecule has 1 amide bonds. The highest BCUT2D eigenvalue weighted by molar-refractivity contribution is 6.37. The van der Waals surface area contributed by atoms with Crippen LogP contribution >= 0.6 is 23.2 Å². The molecule has 1 heterocycles. The number of methoxy groups -OCH3 is 1. The average Bonchev–Trinajstić information content (AvgIpc) is 3.20. The van der Waals surface area contributed by atoms with Crippen molar-refractivity contribution in [2.45, 2.75) is 6.04 Å². The van der Waals surface area contributed by atoms with Gasteiger partial charge in [0, 0.05) is 5.56 Å². The predicted molar refractivity (Wildman–Crippen MR) is 115 cm³/mol. The van der Waals surface area contributed by atoms with Crippen molar-refractivity contribution >= 4 is 40.1 Å². The number of nitrogens with zero attached hydrogens (tertiary/aromatic N) is 1. The summed E-state index contributed by atoms with van der Waals surface area (Å²) in [6, 6.07) is 18.3. The van der Waals surface area contributed by atoms with E-state index in [9.17, 15) is 4.79 Å². The molecule has 0 aliphatic rings. The van der Waals surface area contributed by atoms with Crippen molar-refractivity contribution in [3.63, 3.8) is 0 Å². The van der Waals surface area contributed by atoms with Crippen LogP contribution in [0.25, 0.3) is 11.0 Å². The molecule has 1 aromatic heterocycles. The van der Waals surface area contributed by atoms with Crippen molar-refractivity contribution < 1.29 is 9.53 Å². The maximum atomic E-state index is 13.0. The molecule has 29 heavy (non-hydrogen) atoms. The van der Waals surface area contributed by atoms with Crippen LogP contribution in [0.4, 0.5) is 0 Å². The number of hydrogen-bond donors (Lipinski definition) is 2. The fraction of sp³-hybridized carbons (Fsp3) is 0.0909. The molecule has 2 N–H and O–H groups in total. The zero-order valence-electron chi connectivity index (χ0n) is 15.4. The summed E-state index contributed by atoms with van der Waals surface area (Å²) in [5.41, 5.74) is 3.98. The summed E-state index contributed by atoms with van der Waals surface area (Å²) in [4.78, 5) is 20.4. The van der Waals surface area contributed by atoms with Crippen LogP contribution in [0.15, 0.2) is 67.0 Å². The number of carbonyl (C=O) groups is 1. The Balaban J connectivity index is 1.71. The molecular formula is C22H17Cl2N3O2. The number of benzene rings is 3. The van der Waals surface area contributed by atoms with E-state index in [1.165, 1.54) is 7.11 Å². The lowest BCUT2D eigenvalue weighted by Crippen LogP contribution is -2.29. The molecule has 0 saturated heterocycles. The van der Waals surface area contributed by atoms with E-state index < -0.39 is 0 Å². The highest BCUT2D eigenvalue weighted by Gasteiger charge is 2.20. The Morgan fingerprint density at radius 1 is 1.03 bits per heavy atom. The number of halogens is 2. The topological polar surface area (TPSA) is 67.0 Å². The zero-order chi connectivity index (χ0) is 20.4. The molecule has 7 heteroatoms. The number of H-pyrrole nitrogens is 1. The number of carbonyl (C=O) groups excluding carboxylic acids is 1. The molecule has 3 aromatic carbocycles. The van der Waals surface area contributed by atoms with Crippen LogP contribution in [0, 0.1) is 0 Å². The number of hydrogen-bond acceptors (Lipinski definition) is 3. The highest BCUT2D eigenvalue weighted by Crippen LogP contribution is 2.34. The van der Waals surface area contributed by atoms with Gasteiger partial charge in [-0.25, -0.2) is 4.98 Å². The Kier molecular flexibility index (Phi) is 5.43. The summed E-state index contributed by atoms with van der Waals surface area (Å²) >= 11 is 12.4. The van der Waals surface area contributed by atoms with Gasteiger partial charge in [-0.1, -0.05) is 59.6 Å². The maximum absolute atomic E-state index is 13.0. The Morgan fingerprint density at radius 2 is 1.76 bits per heavy atom. The van der Waals surface area contributed by atoms with Crippen LogP contribution in [-0.4, -0.2) is 23.0 Å². The van der Waals surface area contributed by atoms with Crippen molar-refractivity contribution in [1.82, 2.24) is 15.3 Å². The van der Waals surface area contributed by atoms with Gasteiger partial charge in [0.25, 0.3) is 5.91 Å². The summed E-state index contributed by atoms with van der Waals surface area (Å²) in [6.07, 6.45) is 1.64. The molecule has 0 bridgehead atoms. The van der Waals surface area contributed by atoms with Gasteiger partial charge in [-0.3, -0.25) is 4.79 Å². The van der Waals surface area contributed by atoms with Gasteiger partial charge in [0.1, 0.15) is 0 Å². The lowest BCUT2D eigenvalue weighted by Gasteiger charge is -2.20. The Morgan fingerprint density at radius 3 is 2.45 bits per heavy atom. The van der Waals surface area contributed by atoms with Crippen LogP contribution < -0.4 is 10.1 Å². The van der Waals surface area contributed by atoms with Crippen molar-refractivity contribution in [2.24, 2.45) is 0 Å². The van der Waals surface area contributed by atoms with E-state index in [1.54, 1.807) is 18.5 Å². The Labute approximate surface area is 177 Å². The molecule has 146 valence electrons. The molecule has 1 atom stereocenters. The van der Waals surface area contributed by atoms with Crippen molar-refractivity contribution in [3.05, 3.63) is 93.7 Å². The number of aromatic nitrogens is 2. The normalized spacial score (nSPS) is 12.0. The number of ether oxygens (including phenoxy) is 1. The van der Waals surface area contributed by atoms with Crippen LogP contribution in [0.1, 0.15) is 27.5 Å². The molecule has 0 spiro atoms. The molecule has 0 aliphatic heterocycles. The first-order valence-electron chi connectivity index (χ1n) is 8.88. The third-order valence-corrected chi connectivity index (χ3v) is 5.21. The molecule has 0 saturated carbocycles. The molecular weight excluding hydrogens is 409 g/mol. The summed E-state index contributed by atoms with van der Waals surface area (Å²) in [6.45, 7) is 0. The summed E-state index contributed by atoms with van der Waals surface area (Å²) in [7, 11) is 1.48. The molecule has 5 nitrogen and oxygen atoms in total. The van der Waals surface area contributed by atoms with E-state index in [4.69, 9.17) is 27.9 Å². The second-order valence-electron chi connectivity index (χ2n) is 6.47. The molecule has 0 radical (unpaired) electrons. The van der Waals surface area contributed by atoms with Gasteiger partial charge in [-0.15, -0.1) is 0 Å². The number of fused-ring (bicyclic) bond motifs is 1. The minimum Gasteiger partial charge on any atom is -0.494 e. The van der Waals surface area contributed by atoms with Gasteiger partial charge in [0.2, 0.25) is 0 Å². The van der Waals surface area contributed by atoms with Crippen LogP contribution in [-0.2, 0) is 0 Å². The number of nitrogens with one attached hydrogen (secondary N) is 2. The minimum atomic E-state index is -0.365. The van der Waals surface area contributed by atoms with E-state index in [2.05, 4.69) is 15.3 Å². The lowest BCUT2D eigenvalue weighted by molar-refractivity contribution is 0.0943. The second kappa shape index (κ2) is 8.15. The number of imidazole rings is 1. The van der Waals surface area contributed by atoms with Gasteiger partial charge < -0.3 is 15.0 Å². The summed E-state index contributed by atoms with van der Waals surface area (Å²) < 4.78 is 5.16. The lowest BCUT2D eigenvalue weighted by atomic mass is 9.97. The quantitative estimate of drug-likeness (QED) is 0.449. The maximum Gasteiger partial charge on any atom is 0.252 e. The van der Waals surface area contributed by atoms with Gasteiger partial charge in [0.15, 0.2) is 5.75 Å². The van der Waals surface area contributed by atoms with Crippen molar-refractivity contribution in [2.75, 3.05) is 7.11 Å². The van der Waals surface area contributed by atoms with E-state index in [0.717, 1.165) is 22.2 Å². The summed E-state index contributed by atoms with van der Waals surface area (Å²) in [5.74, 6) is 0.0456. The average molecular weight is 426 g/mol. The molecule has 1 unspecified atom stereocenters. The van der Waals surface area contributed by atoms with Gasteiger partial charge in [-0.05, 0) is 35.4 Å². The van der Waals surface area contributed by atoms with Crippen LogP contribution in [0.3, 0.4) is 0 Å². The fourth-order valence-electron chi connectivity index (χ4n) is 3.24. The molecule has 4 rings (SSSR count). The van der Waals surface area contributed by atoms with Crippen molar-refractivity contribution in [1.29, 1.82) is 0 Å². The predicted octanol–water partition coefficient (Wildman–Crippen LogP) is 5.40. The molecule has 0 fully saturated rings. The number of amides is 1. The highest BCUT2D eigenvalue weighted by atomic mass is 35.5. The monoisotopic (exact) mass is 425 g/mol. The number of aromatic amines is 1. The van der Waals surface area contributed by atoms with Gasteiger partial charge in [0.05, 0.1) is 40.6 Å². The third kappa shape index (κ3) is 3.92. The minimum absolute atomic E-state index is 0.278. The smallest absolute Gasteiger partial charge is 0.252 e. The zero-order valence-corrected chi connectivity index (χ0v) is 17.0. The van der Waals surface area contributed by atoms with Crippen LogP contribution in [0.2, 0.25) is 10.0 Å². The Hall–Kier alpha value is -3.02. The largest absolute Gasteiger partial charge is 0.494 e. The third-order valence-electron chi connectivity index (χ3n) is 4.65. The van der Waals surface area contributed by atoms with E-state index in [1.807, 2.05) is 48.5 Å². The summed E-state index contributed by atoms with van der Waals surface area (Å²) in [5, 5.41) is 3.64. The van der Waals surface area contributed by atoms with Gasteiger partial charge >= 0.3 is 0 Å². The molecule has 4 aromatic rings. The Bertz CT molecular complexity index is 1150. The standard InChI is InChI=1S/C22H17Cl2N3O2/c1-29-21-16(23)9-15(10-17(21)24)22(28)27-20(13-5-3-2-4-6-13)14-7-8-18-19(11-14)26-12-25-18/h2-12,20H,1H3,(H,25,26)(H,27,28). The second-order valence-corrected chi connectivity index (χ2v) is 7.28. The first-order valence-corrected chi connectivity index (χ1v) is 9.64.